The Morgan fingerprint density at radius 1 is 1.13 bits per heavy atom. The van der Waals surface area contributed by atoms with E-state index in [-0.39, 0.29) is 18.6 Å². The highest BCUT2D eigenvalue weighted by molar-refractivity contribution is 5.94. The number of ether oxygens (including phenoxy) is 1. The SMILES string of the molecule is Cc1cc(C)c(C(=O)OCC(=O)N[C@@H]2CCCC[C@H]2C)c(C)c1. The molecule has 126 valence electrons. The lowest BCUT2D eigenvalue weighted by Gasteiger charge is -2.29. The summed E-state index contributed by atoms with van der Waals surface area (Å²) in [5.41, 5.74) is 3.44. The van der Waals surface area contributed by atoms with Crippen molar-refractivity contribution in [3.8, 4) is 0 Å². The van der Waals surface area contributed by atoms with Crippen molar-refractivity contribution in [1.82, 2.24) is 5.32 Å². The average Bonchev–Trinajstić information content (AvgIpc) is 2.46. The topological polar surface area (TPSA) is 55.4 Å². The second kappa shape index (κ2) is 7.62. The van der Waals surface area contributed by atoms with Crippen LogP contribution in [-0.4, -0.2) is 24.5 Å². The summed E-state index contributed by atoms with van der Waals surface area (Å²) in [6, 6.07) is 4.11. The maximum absolute atomic E-state index is 12.3. The van der Waals surface area contributed by atoms with Crippen LogP contribution in [0.2, 0.25) is 0 Å². The predicted molar refractivity (Wildman–Crippen MR) is 90.5 cm³/mol. The van der Waals surface area contributed by atoms with Crippen LogP contribution in [0.4, 0.5) is 0 Å². The number of nitrogens with one attached hydrogen (secondary N) is 1. The van der Waals surface area contributed by atoms with Crippen LogP contribution in [0, 0.1) is 26.7 Å². The minimum atomic E-state index is -0.424. The molecule has 1 saturated carbocycles. The van der Waals surface area contributed by atoms with Gasteiger partial charge in [-0.1, -0.05) is 37.5 Å². The molecule has 4 nitrogen and oxygen atoms in total. The van der Waals surface area contributed by atoms with E-state index in [2.05, 4.69) is 12.2 Å². The molecule has 1 aromatic carbocycles. The van der Waals surface area contributed by atoms with E-state index in [0.29, 0.717) is 11.5 Å². The van der Waals surface area contributed by atoms with Crippen LogP contribution < -0.4 is 5.32 Å². The van der Waals surface area contributed by atoms with E-state index in [9.17, 15) is 9.59 Å². The van der Waals surface area contributed by atoms with Gasteiger partial charge in [0.05, 0.1) is 5.56 Å². The molecule has 1 aliphatic carbocycles. The van der Waals surface area contributed by atoms with Crippen LogP contribution in [0.15, 0.2) is 12.1 Å². The van der Waals surface area contributed by atoms with Gasteiger partial charge in [0, 0.05) is 6.04 Å². The number of benzene rings is 1. The summed E-state index contributed by atoms with van der Waals surface area (Å²) < 4.78 is 5.22. The first-order valence-corrected chi connectivity index (χ1v) is 8.43. The molecule has 0 spiro atoms. The lowest BCUT2D eigenvalue weighted by atomic mass is 9.86. The fraction of sp³-hybridized carbons (Fsp3) is 0.579. The lowest BCUT2D eigenvalue weighted by Crippen LogP contribution is -2.42. The van der Waals surface area contributed by atoms with Gasteiger partial charge in [0.2, 0.25) is 0 Å². The van der Waals surface area contributed by atoms with Gasteiger partial charge in [-0.05, 0) is 50.7 Å². The fourth-order valence-electron chi connectivity index (χ4n) is 3.48. The number of rotatable bonds is 4. The lowest BCUT2D eigenvalue weighted by molar-refractivity contribution is -0.125. The van der Waals surface area contributed by atoms with Gasteiger partial charge in [0.15, 0.2) is 6.61 Å². The smallest absolute Gasteiger partial charge is 0.339 e. The molecule has 0 unspecified atom stereocenters. The van der Waals surface area contributed by atoms with Crippen molar-refractivity contribution >= 4 is 11.9 Å². The molecular weight excluding hydrogens is 290 g/mol. The molecule has 4 heteroatoms. The molecule has 0 saturated heterocycles. The molecule has 1 fully saturated rings. The second-order valence-corrected chi connectivity index (χ2v) is 6.79. The van der Waals surface area contributed by atoms with Gasteiger partial charge in [-0.25, -0.2) is 4.79 Å². The van der Waals surface area contributed by atoms with Crippen molar-refractivity contribution in [2.75, 3.05) is 6.61 Å². The molecule has 0 aromatic heterocycles. The molecule has 0 aliphatic heterocycles. The number of amides is 1. The van der Waals surface area contributed by atoms with E-state index >= 15 is 0 Å². The number of esters is 1. The van der Waals surface area contributed by atoms with E-state index < -0.39 is 5.97 Å². The van der Waals surface area contributed by atoms with Crippen LogP contribution in [0.5, 0.6) is 0 Å². The quantitative estimate of drug-likeness (QED) is 0.865. The highest BCUT2D eigenvalue weighted by Crippen LogP contribution is 2.23. The molecule has 1 amide bonds. The predicted octanol–water partition coefficient (Wildman–Crippen LogP) is 3.46. The van der Waals surface area contributed by atoms with Crippen LogP contribution in [-0.2, 0) is 9.53 Å². The maximum atomic E-state index is 12.3. The Morgan fingerprint density at radius 3 is 2.35 bits per heavy atom. The zero-order chi connectivity index (χ0) is 17.0. The van der Waals surface area contributed by atoms with E-state index in [1.807, 2.05) is 32.9 Å². The molecule has 0 radical (unpaired) electrons. The normalized spacial score (nSPS) is 20.9. The molecule has 0 bridgehead atoms. The van der Waals surface area contributed by atoms with Gasteiger partial charge >= 0.3 is 5.97 Å². The standard InChI is InChI=1S/C19H27NO3/c1-12-9-14(3)18(15(4)10-12)19(22)23-11-17(21)20-16-8-6-5-7-13(16)2/h9-10,13,16H,5-8,11H2,1-4H3,(H,20,21)/t13-,16-/m1/s1. The van der Waals surface area contributed by atoms with Gasteiger partial charge in [0.1, 0.15) is 0 Å². The maximum Gasteiger partial charge on any atom is 0.339 e. The van der Waals surface area contributed by atoms with Gasteiger partial charge in [-0.3, -0.25) is 4.79 Å². The number of aryl methyl sites for hydroxylation is 3. The van der Waals surface area contributed by atoms with Crippen LogP contribution in [0.3, 0.4) is 0 Å². The third-order valence-electron chi connectivity index (χ3n) is 4.67. The summed E-state index contributed by atoms with van der Waals surface area (Å²) in [7, 11) is 0. The number of carbonyl (C=O) groups is 2. The molecule has 0 heterocycles. The highest BCUT2D eigenvalue weighted by atomic mass is 16.5. The first kappa shape index (κ1) is 17.5. The Labute approximate surface area is 138 Å². The largest absolute Gasteiger partial charge is 0.452 e. The third kappa shape index (κ3) is 4.57. The number of hydrogen-bond acceptors (Lipinski definition) is 3. The van der Waals surface area contributed by atoms with Crippen molar-refractivity contribution < 1.29 is 14.3 Å². The van der Waals surface area contributed by atoms with Crippen molar-refractivity contribution in [3.05, 3.63) is 34.4 Å². The minimum absolute atomic E-state index is 0.206. The number of hydrogen-bond donors (Lipinski definition) is 1. The van der Waals surface area contributed by atoms with Gasteiger partial charge in [0.25, 0.3) is 5.91 Å². The number of carbonyl (C=O) groups excluding carboxylic acids is 2. The summed E-state index contributed by atoms with van der Waals surface area (Å²) in [6.07, 6.45) is 4.54. The third-order valence-corrected chi connectivity index (χ3v) is 4.67. The van der Waals surface area contributed by atoms with Crippen LogP contribution >= 0.6 is 0 Å². The molecule has 2 atom stereocenters. The summed E-state index contributed by atoms with van der Waals surface area (Å²) >= 11 is 0. The van der Waals surface area contributed by atoms with E-state index in [4.69, 9.17) is 4.74 Å². The molecule has 23 heavy (non-hydrogen) atoms. The summed E-state index contributed by atoms with van der Waals surface area (Å²) in [5, 5.41) is 3.00. The average molecular weight is 317 g/mol. The summed E-state index contributed by atoms with van der Waals surface area (Å²) in [4.78, 5) is 24.3. The van der Waals surface area contributed by atoms with Crippen molar-refractivity contribution in [3.63, 3.8) is 0 Å². The first-order valence-electron chi connectivity index (χ1n) is 8.43. The Hall–Kier alpha value is -1.84. The van der Waals surface area contributed by atoms with Crippen molar-refractivity contribution in [2.24, 2.45) is 5.92 Å². The van der Waals surface area contributed by atoms with E-state index in [1.54, 1.807) is 0 Å². The molecular formula is C19H27NO3. The Bertz CT molecular complexity index is 571. The van der Waals surface area contributed by atoms with Gasteiger partial charge in [-0.2, -0.15) is 0 Å². The zero-order valence-electron chi connectivity index (χ0n) is 14.6. The van der Waals surface area contributed by atoms with Crippen LogP contribution in [0.1, 0.15) is 59.7 Å². The first-order chi connectivity index (χ1) is 10.9. The van der Waals surface area contributed by atoms with Crippen molar-refractivity contribution in [1.29, 1.82) is 0 Å². The zero-order valence-corrected chi connectivity index (χ0v) is 14.6. The summed E-state index contributed by atoms with van der Waals surface area (Å²) in [6.45, 7) is 7.72. The Morgan fingerprint density at radius 2 is 1.74 bits per heavy atom. The Kier molecular flexibility index (Phi) is 5.80. The summed E-state index contributed by atoms with van der Waals surface area (Å²) in [5.74, 6) is -0.142. The minimum Gasteiger partial charge on any atom is -0.452 e. The molecule has 1 aliphatic rings. The van der Waals surface area contributed by atoms with Gasteiger partial charge in [-0.15, -0.1) is 0 Å². The Balaban J connectivity index is 1.90. The highest BCUT2D eigenvalue weighted by Gasteiger charge is 2.23. The van der Waals surface area contributed by atoms with Crippen molar-refractivity contribution in [2.45, 2.75) is 59.4 Å². The second-order valence-electron chi connectivity index (χ2n) is 6.79. The monoisotopic (exact) mass is 317 g/mol. The molecule has 1 N–H and O–H groups in total. The van der Waals surface area contributed by atoms with Crippen LogP contribution in [0.25, 0.3) is 0 Å². The van der Waals surface area contributed by atoms with Gasteiger partial charge < -0.3 is 10.1 Å². The van der Waals surface area contributed by atoms with E-state index in [0.717, 1.165) is 36.0 Å². The fourth-order valence-corrected chi connectivity index (χ4v) is 3.48. The molecule has 1 aromatic rings. The van der Waals surface area contributed by atoms with E-state index in [1.165, 1.54) is 6.42 Å². The molecule has 2 rings (SSSR count).